The molecule has 0 aliphatic carbocycles. The Kier molecular flexibility index (Phi) is 4.75. The van der Waals surface area contributed by atoms with E-state index in [0.717, 1.165) is 10.6 Å². The smallest absolute Gasteiger partial charge is 0.265 e. The standard InChI is InChI=1S/C20H17NO4S/c22-20(13-23-16-8-9-18-19(11-16)25-14-24-18)21(12-17-7-4-10-26-17)15-5-2-1-3-6-15/h1-11H,12-14H2. The Balaban J connectivity index is 1.47. The van der Waals surface area contributed by atoms with Crippen LogP contribution >= 0.6 is 11.3 Å². The van der Waals surface area contributed by atoms with Gasteiger partial charge in [-0.25, -0.2) is 0 Å². The summed E-state index contributed by atoms with van der Waals surface area (Å²) in [7, 11) is 0. The minimum atomic E-state index is -0.109. The molecule has 1 aliphatic rings. The highest BCUT2D eigenvalue weighted by molar-refractivity contribution is 7.09. The molecule has 2 heterocycles. The van der Waals surface area contributed by atoms with Crippen molar-refractivity contribution in [3.8, 4) is 17.2 Å². The summed E-state index contributed by atoms with van der Waals surface area (Å²) in [5, 5.41) is 2.01. The minimum absolute atomic E-state index is 0.0556. The summed E-state index contributed by atoms with van der Waals surface area (Å²) < 4.78 is 16.3. The quantitative estimate of drug-likeness (QED) is 0.658. The van der Waals surface area contributed by atoms with Gasteiger partial charge in [0.25, 0.3) is 5.91 Å². The van der Waals surface area contributed by atoms with Gasteiger partial charge < -0.3 is 19.1 Å². The number of para-hydroxylation sites is 1. The van der Waals surface area contributed by atoms with E-state index in [4.69, 9.17) is 14.2 Å². The van der Waals surface area contributed by atoms with Gasteiger partial charge in [-0.2, -0.15) is 0 Å². The van der Waals surface area contributed by atoms with E-state index >= 15 is 0 Å². The second-order valence-corrected chi connectivity index (χ2v) is 6.73. The SMILES string of the molecule is O=C(COc1ccc2c(c1)OCO2)N(Cc1cccs1)c1ccccc1. The van der Waals surface area contributed by atoms with Crippen LogP contribution in [0.25, 0.3) is 0 Å². The number of hydrogen-bond acceptors (Lipinski definition) is 5. The summed E-state index contributed by atoms with van der Waals surface area (Å²) in [6, 6.07) is 18.9. The molecule has 0 unspecified atom stereocenters. The number of carbonyl (C=O) groups excluding carboxylic acids is 1. The number of hydrogen-bond donors (Lipinski definition) is 0. The zero-order chi connectivity index (χ0) is 17.8. The molecule has 1 aromatic heterocycles. The van der Waals surface area contributed by atoms with Crippen LogP contribution in [0, 0.1) is 0 Å². The number of fused-ring (bicyclic) bond motifs is 1. The molecule has 2 aromatic carbocycles. The summed E-state index contributed by atoms with van der Waals surface area (Å²) in [5.41, 5.74) is 0.847. The Morgan fingerprint density at radius 1 is 1.04 bits per heavy atom. The van der Waals surface area contributed by atoms with Gasteiger partial charge in [0.1, 0.15) is 5.75 Å². The predicted octanol–water partition coefficient (Wildman–Crippen LogP) is 4.09. The number of ether oxygens (including phenoxy) is 3. The lowest BCUT2D eigenvalue weighted by Crippen LogP contribution is -2.34. The van der Waals surface area contributed by atoms with Crippen LogP contribution in [0.15, 0.2) is 66.0 Å². The summed E-state index contributed by atoms with van der Waals surface area (Å²) in [4.78, 5) is 15.7. The second kappa shape index (κ2) is 7.49. The van der Waals surface area contributed by atoms with Crippen LogP contribution in [0.2, 0.25) is 0 Å². The van der Waals surface area contributed by atoms with Crippen LogP contribution in [0.4, 0.5) is 5.69 Å². The highest BCUT2D eigenvalue weighted by Crippen LogP contribution is 2.35. The van der Waals surface area contributed by atoms with Crippen LogP contribution in [-0.4, -0.2) is 19.3 Å². The predicted molar refractivity (Wildman–Crippen MR) is 100 cm³/mol. The molecule has 0 atom stereocenters. The third-order valence-corrected chi connectivity index (χ3v) is 4.83. The molecule has 0 saturated carbocycles. The maximum Gasteiger partial charge on any atom is 0.265 e. The summed E-state index contributed by atoms with van der Waals surface area (Å²) in [5.74, 6) is 1.79. The number of benzene rings is 2. The van der Waals surface area contributed by atoms with Gasteiger partial charge in [0.05, 0.1) is 6.54 Å². The van der Waals surface area contributed by atoms with Gasteiger partial charge in [0.2, 0.25) is 6.79 Å². The highest BCUT2D eigenvalue weighted by Gasteiger charge is 2.19. The fourth-order valence-corrected chi connectivity index (χ4v) is 3.37. The Labute approximate surface area is 155 Å². The van der Waals surface area contributed by atoms with E-state index in [1.54, 1.807) is 34.4 Å². The van der Waals surface area contributed by atoms with Crippen molar-refractivity contribution in [1.29, 1.82) is 0 Å². The van der Waals surface area contributed by atoms with Crippen molar-refractivity contribution in [2.45, 2.75) is 6.54 Å². The molecule has 0 saturated heterocycles. The van der Waals surface area contributed by atoms with Crippen LogP contribution in [0.5, 0.6) is 17.2 Å². The van der Waals surface area contributed by atoms with Crippen molar-refractivity contribution in [2.75, 3.05) is 18.3 Å². The van der Waals surface area contributed by atoms with Gasteiger partial charge in [-0.1, -0.05) is 24.3 Å². The Morgan fingerprint density at radius 3 is 2.69 bits per heavy atom. The fraction of sp³-hybridized carbons (Fsp3) is 0.150. The molecule has 0 fully saturated rings. The molecule has 1 amide bonds. The Hall–Kier alpha value is -2.99. The lowest BCUT2D eigenvalue weighted by molar-refractivity contribution is -0.120. The zero-order valence-corrected chi connectivity index (χ0v) is 14.8. The summed E-state index contributed by atoms with van der Waals surface area (Å²) in [6.07, 6.45) is 0. The van der Waals surface area contributed by atoms with Gasteiger partial charge in [-0.15, -0.1) is 11.3 Å². The first kappa shape index (κ1) is 16.5. The van der Waals surface area contributed by atoms with Crippen LogP contribution in [0.1, 0.15) is 4.88 Å². The first-order valence-corrected chi connectivity index (χ1v) is 9.08. The lowest BCUT2D eigenvalue weighted by atomic mass is 10.2. The van der Waals surface area contributed by atoms with Crippen molar-refractivity contribution in [2.24, 2.45) is 0 Å². The van der Waals surface area contributed by atoms with E-state index in [0.29, 0.717) is 23.8 Å². The number of thiophene rings is 1. The molecule has 6 heteroatoms. The molecular weight excluding hydrogens is 350 g/mol. The number of amides is 1. The zero-order valence-electron chi connectivity index (χ0n) is 14.0. The van der Waals surface area contributed by atoms with Crippen LogP contribution < -0.4 is 19.1 Å². The molecular formula is C20H17NO4S. The minimum Gasteiger partial charge on any atom is -0.484 e. The van der Waals surface area contributed by atoms with Crippen molar-refractivity contribution in [3.63, 3.8) is 0 Å². The monoisotopic (exact) mass is 367 g/mol. The first-order valence-electron chi connectivity index (χ1n) is 8.20. The molecule has 0 radical (unpaired) electrons. The van der Waals surface area contributed by atoms with E-state index in [1.165, 1.54) is 0 Å². The fourth-order valence-electron chi connectivity index (χ4n) is 2.68. The van der Waals surface area contributed by atoms with E-state index in [1.807, 2.05) is 47.8 Å². The van der Waals surface area contributed by atoms with Crippen molar-refractivity contribution >= 4 is 22.9 Å². The number of rotatable bonds is 6. The van der Waals surface area contributed by atoms with E-state index in [9.17, 15) is 4.79 Å². The molecule has 1 aliphatic heterocycles. The molecule has 132 valence electrons. The van der Waals surface area contributed by atoms with Gasteiger partial charge in [0, 0.05) is 16.6 Å². The molecule has 5 nitrogen and oxygen atoms in total. The van der Waals surface area contributed by atoms with Gasteiger partial charge >= 0.3 is 0 Å². The number of nitrogens with zero attached hydrogens (tertiary/aromatic N) is 1. The van der Waals surface area contributed by atoms with Crippen molar-refractivity contribution < 1.29 is 19.0 Å². The number of anilines is 1. The van der Waals surface area contributed by atoms with E-state index in [2.05, 4.69) is 0 Å². The van der Waals surface area contributed by atoms with Crippen molar-refractivity contribution in [3.05, 3.63) is 70.9 Å². The molecule has 4 rings (SSSR count). The molecule has 0 N–H and O–H groups in total. The van der Waals surface area contributed by atoms with E-state index < -0.39 is 0 Å². The van der Waals surface area contributed by atoms with Gasteiger partial charge in [-0.3, -0.25) is 4.79 Å². The third kappa shape index (κ3) is 3.65. The highest BCUT2D eigenvalue weighted by atomic mass is 32.1. The third-order valence-electron chi connectivity index (χ3n) is 3.97. The average molecular weight is 367 g/mol. The largest absolute Gasteiger partial charge is 0.484 e. The second-order valence-electron chi connectivity index (χ2n) is 5.70. The molecule has 0 bridgehead atoms. The van der Waals surface area contributed by atoms with E-state index in [-0.39, 0.29) is 19.3 Å². The molecule has 3 aromatic rings. The summed E-state index contributed by atoms with van der Waals surface area (Å²) >= 11 is 1.63. The Bertz CT molecular complexity index is 880. The topological polar surface area (TPSA) is 48.0 Å². The average Bonchev–Trinajstić information content (AvgIpc) is 3.36. The molecule has 0 spiro atoms. The molecule has 26 heavy (non-hydrogen) atoms. The maximum absolute atomic E-state index is 12.8. The number of carbonyl (C=O) groups is 1. The first-order chi connectivity index (χ1) is 12.8. The van der Waals surface area contributed by atoms with Gasteiger partial charge in [0.15, 0.2) is 18.1 Å². The summed E-state index contributed by atoms with van der Waals surface area (Å²) in [6.45, 7) is 0.672. The Morgan fingerprint density at radius 2 is 1.88 bits per heavy atom. The lowest BCUT2D eigenvalue weighted by Gasteiger charge is -2.22. The van der Waals surface area contributed by atoms with Crippen LogP contribution in [0.3, 0.4) is 0 Å². The van der Waals surface area contributed by atoms with Gasteiger partial charge in [-0.05, 0) is 35.7 Å². The maximum atomic E-state index is 12.8. The normalized spacial score (nSPS) is 12.0. The van der Waals surface area contributed by atoms with Crippen molar-refractivity contribution in [1.82, 2.24) is 0 Å². The van der Waals surface area contributed by atoms with Crippen LogP contribution in [-0.2, 0) is 11.3 Å².